The molecule has 0 atom stereocenters. The highest BCUT2D eigenvalue weighted by atomic mass is 79.9. The summed E-state index contributed by atoms with van der Waals surface area (Å²) in [6, 6.07) is 13.2. The maximum atomic E-state index is 5.43. The molecule has 0 saturated heterocycles. The summed E-state index contributed by atoms with van der Waals surface area (Å²) in [6.45, 7) is 6.70. The lowest BCUT2D eigenvalue weighted by Gasteiger charge is -2.28. The molecule has 0 N–H and O–H groups in total. The van der Waals surface area contributed by atoms with Crippen molar-refractivity contribution in [1.82, 2.24) is 0 Å². The van der Waals surface area contributed by atoms with E-state index in [0.717, 1.165) is 16.4 Å². The van der Waals surface area contributed by atoms with E-state index in [2.05, 4.69) is 89.0 Å². The Labute approximate surface area is 150 Å². The third-order valence-electron chi connectivity index (χ3n) is 4.36. The van der Waals surface area contributed by atoms with Gasteiger partial charge in [0.2, 0.25) is 0 Å². The van der Waals surface area contributed by atoms with Gasteiger partial charge in [0.25, 0.3) is 0 Å². The minimum Gasteiger partial charge on any atom is -0.496 e. The number of benzene rings is 2. The number of rotatable bonds is 5. The van der Waals surface area contributed by atoms with Crippen LogP contribution in [0.5, 0.6) is 5.75 Å². The second-order valence-corrected chi connectivity index (χ2v) is 7.18. The molecule has 0 radical (unpaired) electrons. The Kier molecular flexibility index (Phi) is 5.73. The molecule has 0 aliphatic heterocycles. The Morgan fingerprint density at radius 2 is 1.45 bits per heavy atom. The van der Waals surface area contributed by atoms with Gasteiger partial charge < -0.3 is 4.74 Å². The Hall–Kier alpha value is -0.800. The van der Waals surface area contributed by atoms with Crippen molar-refractivity contribution in [3.8, 4) is 5.75 Å². The zero-order valence-electron chi connectivity index (χ0n) is 13.5. The van der Waals surface area contributed by atoms with Gasteiger partial charge in [-0.3, -0.25) is 0 Å². The Morgan fingerprint density at radius 1 is 0.909 bits per heavy atom. The summed E-state index contributed by atoms with van der Waals surface area (Å²) >= 11 is 7.14. The van der Waals surface area contributed by atoms with Crippen molar-refractivity contribution >= 4 is 31.9 Å². The van der Waals surface area contributed by atoms with Crippen LogP contribution in [0.15, 0.2) is 36.4 Å². The molecule has 0 amide bonds. The number of hydrogen-bond acceptors (Lipinski definition) is 1. The molecule has 0 saturated carbocycles. The molecule has 22 heavy (non-hydrogen) atoms. The molecule has 2 aromatic rings. The van der Waals surface area contributed by atoms with Gasteiger partial charge in [-0.2, -0.15) is 0 Å². The van der Waals surface area contributed by atoms with E-state index in [0.29, 0.717) is 0 Å². The third kappa shape index (κ3) is 3.41. The van der Waals surface area contributed by atoms with Crippen LogP contribution in [0, 0.1) is 6.92 Å². The molecule has 118 valence electrons. The molecule has 0 bridgehead atoms. The van der Waals surface area contributed by atoms with E-state index in [9.17, 15) is 0 Å². The smallest absolute Gasteiger partial charge is 0.122 e. The fraction of sp³-hybridized carbons (Fsp3) is 0.368. The SMILES string of the molecule is COc1ccc(C(C)(C)c2ccc(C)c(CBr)c2)cc1CBr. The number of methoxy groups -OCH3 is 1. The molecule has 0 aromatic heterocycles. The Bertz CT molecular complexity index is 662. The maximum absolute atomic E-state index is 5.43. The Morgan fingerprint density at radius 3 is 2.00 bits per heavy atom. The van der Waals surface area contributed by atoms with E-state index in [1.165, 1.54) is 27.8 Å². The van der Waals surface area contributed by atoms with E-state index in [1.54, 1.807) is 7.11 Å². The minimum absolute atomic E-state index is 0.0478. The molecule has 0 heterocycles. The molecular formula is C19H22Br2O. The van der Waals surface area contributed by atoms with Gasteiger partial charge in [-0.05, 0) is 35.2 Å². The normalized spacial score (nSPS) is 11.5. The van der Waals surface area contributed by atoms with E-state index in [1.807, 2.05) is 0 Å². The van der Waals surface area contributed by atoms with Crippen molar-refractivity contribution in [3.63, 3.8) is 0 Å². The van der Waals surface area contributed by atoms with E-state index < -0.39 is 0 Å². The molecule has 1 nitrogen and oxygen atoms in total. The van der Waals surface area contributed by atoms with Crippen molar-refractivity contribution in [2.75, 3.05) is 7.11 Å². The monoisotopic (exact) mass is 424 g/mol. The lowest BCUT2D eigenvalue weighted by atomic mass is 9.77. The number of aryl methyl sites for hydroxylation is 1. The van der Waals surface area contributed by atoms with Gasteiger partial charge in [0, 0.05) is 21.6 Å². The van der Waals surface area contributed by atoms with Gasteiger partial charge in [0.05, 0.1) is 7.11 Å². The van der Waals surface area contributed by atoms with Crippen molar-refractivity contribution in [2.45, 2.75) is 36.8 Å². The van der Waals surface area contributed by atoms with Gasteiger partial charge >= 0.3 is 0 Å². The zero-order valence-corrected chi connectivity index (χ0v) is 16.7. The van der Waals surface area contributed by atoms with Gasteiger partial charge in [0.15, 0.2) is 0 Å². The summed E-state index contributed by atoms with van der Waals surface area (Å²) in [5, 5.41) is 1.68. The fourth-order valence-electron chi connectivity index (χ4n) is 2.64. The number of ether oxygens (including phenoxy) is 1. The lowest BCUT2D eigenvalue weighted by Crippen LogP contribution is -2.19. The van der Waals surface area contributed by atoms with Gasteiger partial charge in [-0.1, -0.05) is 76.0 Å². The molecule has 0 fully saturated rings. The van der Waals surface area contributed by atoms with Crippen LogP contribution in [0.3, 0.4) is 0 Å². The average Bonchev–Trinajstić information content (AvgIpc) is 2.54. The second kappa shape index (κ2) is 7.18. The average molecular weight is 426 g/mol. The zero-order chi connectivity index (χ0) is 16.3. The van der Waals surface area contributed by atoms with Crippen LogP contribution >= 0.6 is 31.9 Å². The summed E-state index contributed by atoms with van der Waals surface area (Å²) < 4.78 is 5.43. The van der Waals surface area contributed by atoms with Crippen molar-refractivity contribution in [3.05, 3.63) is 64.2 Å². The summed E-state index contributed by atoms with van der Waals surface area (Å²) in [7, 11) is 1.72. The fourth-order valence-corrected chi connectivity index (χ4v) is 3.68. The van der Waals surface area contributed by atoms with E-state index >= 15 is 0 Å². The van der Waals surface area contributed by atoms with Crippen molar-refractivity contribution in [1.29, 1.82) is 0 Å². The summed E-state index contributed by atoms with van der Waals surface area (Å²) in [5.41, 5.74) is 6.44. The number of hydrogen-bond donors (Lipinski definition) is 0. The van der Waals surface area contributed by atoms with Gasteiger partial charge in [-0.15, -0.1) is 0 Å². The van der Waals surface area contributed by atoms with E-state index in [-0.39, 0.29) is 5.41 Å². The molecule has 3 heteroatoms. The largest absolute Gasteiger partial charge is 0.496 e. The molecular weight excluding hydrogens is 404 g/mol. The van der Waals surface area contributed by atoms with Crippen LogP contribution in [0.25, 0.3) is 0 Å². The first-order valence-electron chi connectivity index (χ1n) is 7.33. The lowest BCUT2D eigenvalue weighted by molar-refractivity contribution is 0.411. The number of alkyl halides is 2. The Balaban J connectivity index is 2.49. The predicted octanol–water partition coefficient (Wildman–Crippen LogP) is 6.12. The molecule has 0 unspecified atom stereocenters. The second-order valence-electron chi connectivity index (χ2n) is 6.06. The van der Waals surface area contributed by atoms with Crippen molar-refractivity contribution < 1.29 is 4.74 Å². The van der Waals surface area contributed by atoms with Crippen LogP contribution < -0.4 is 4.74 Å². The molecule has 0 spiro atoms. The first-order chi connectivity index (χ1) is 10.4. The summed E-state index contributed by atoms with van der Waals surface area (Å²) in [6.07, 6.45) is 0. The van der Waals surface area contributed by atoms with Crippen LogP contribution in [0.4, 0.5) is 0 Å². The van der Waals surface area contributed by atoms with Crippen LogP contribution in [0.2, 0.25) is 0 Å². The highest BCUT2D eigenvalue weighted by Gasteiger charge is 2.24. The molecule has 2 aromatic carbocycles. The topological polar surface area (TPSA) is 9.23 Å². The van der Waals surface area contributed by atoms with Gasteiger partial charge in [0.1, 0.15) is 5.75 Å². The van der Waals surface area contributed by atoms with Crippen LogP contribution in [-0.2, 0) is 16.1 Å². The summed E-state index contributed by atoms with van der Waals surface area (Å²) in [5.74, 6) is 0.932. The molecule has 0 aliphatic rings. The first-order valence-corrected chi connectivity index (χ1v) is 9.57. The van der Waals surface area contributed by atoms with E-state index in [4.69, 9.17) is 4.74 Å². The maximum Gasteiger partial charge on any atom is 0.122 e. The summed E-state index contributed by atoms with van der Waals surface area (Å²) in [4.78, 5) is 0. The highest BCUT2D eigenvalue weighted by Crippen LogP contribution is 2.35. The van der Waals surface area contributed by atoms with Crippen LogP contribution in [-0.4, -0.2) is 7.11 Å². The quantitative estimate of drug-likeness (QED) is 0.524. The van der Waals surface area contributed by atoms with Crippen molar-refractivity contribution in [2.24, 2.45) is 0 Å². The first kappa shape index (κ1) is 17.6. The third-order valence-corrected chi connectivity index (χ3v) is 5.57. The number of halogens is 2. The highest BCUT2D eigenvalue weighted by molar-refractivity contribution is 9.08. The predicted molar refractivity (Wildman–Crippen MR) is 102 cm³/mol. The standard InChI is InChI=1S/C19H22Br2O/c1-13-5-6-16(9-14(13)11-20)19(2,3)17-7-8-18(22-4)15(10-17)12-21/h5-10H,11-12H2,1-4H3. The van der Waals surface area contributed by atoms with Gasteiger partial charge in [-0.25, -0.2) is 0 Å². The minimum atomic E-state index is -0.0478. The van der Waals surface area contributed by atoms with Crippen LogP contribution in [0.1, 0.15) is 41.7 Å². The molecule has 0 aliphatic carbocycles. The molecule has 2 rings (SSSR count).